The molecule has 1 saturated heterocycles. The van der Waals surface area contributed by atoms with Gasteiger partial charge in [0, 0.05) is 42.0 Å². The summed E-state index contributed by atoms with van der Waals surface area (Å²) in [5.41, 5.74) is 10.4. The van der Waals surface area contributed by atoms with E-state index in [1.807, 2.05) is 30.3 Å². The molecule has 0 radical (unpaired) electrons. The summed E-state index contributed by atoms with van der Waals surface area (Å²) in [5.74, 6) is 0.888. The highest BCUT2D eigenvalue weighted by Gasteiger charge is 2.32. The molecule has 0 saturated carbocycles. The van der Waals surface area contributed by atoms with Crippen LogP contribution in [0.2, 0.25) is 0 Å². The first-order chi connectivity index (χ1) is 17.0. The fourth-order valence-corrected chi connectivity index (χ4v) is 4.99. The summed E-state index contributed by atoms with van der Waals surface area (Å²) in [6.07, 6.45) is 1.66. The number of hydrogen-bond donors (Lipinski definition) is 3. The molecule has 3 aromatic rings. The number of benzene rings is 1. The molecule has 35 heavy (non-hydrogen) atoms. The highest BCUT2D eigenvalue weighted by Crippen LogP contribution is 2.35. The summed E-state index contributed by atoms with van der Waals surface area (Å²) in [6, 6.07) is 11.0. The van der Waals surface area contributed by atoms with Crippen molar-refractivity contribution in [2.45, 2.75) is 23.5 Å². The normalized spacial score (nSPS) is 18.2. The van der Waals surface area contributed by atoms with E-state index in [0.717, 1.165) is 27.2 Å². The van der Waals surface area contributed by atoms with E-state index in [9.17, 15) is 9.59 Å². The fraction of sp³-hybridized carbons (Fsp3) is 0.333. The number of nitrogens with two attached hydrogens (primary N) is 1. The van der Waals surface area contributed by atoms with Gasteiger partial charge in [0.25, 0.3) is 0 Å². The lowest BCUT2D eigenvalue weighted by Crippen LogP contribution is -2.40. The SMILES string of the molecule is COc1ccc2nccc(C[C@H](N)CNC[C@@H]3CN(c4ccc5c(c4)NC(=O)CS5)C(=O)O3)c2n1. The van der Waals surface area contributed by atoms with E-state index in [0.29, 0.717) is 43.4 Å². The van der Waals surface area contributed by atoms with Crippen molar-refractivity contribution in [2.24, 2.45) is 5.73 Å². The van der Waals surface area contributed by atoms with E-state index in [1.54, 1.807) is 24.3 Å². The van der Waals surface area contributed by atoms with Gasteiger partial charge in [0.2, 0.25) is 11.8 Å². The van der Waals surface area contributed by atoms with E-state index in [2.05, 4.69) is 20.6 Å². The van der Waals surface area contributed by atoms with Gasteiger partial charge in [-0.15, -0.1) is 11.8 Å². The molecule has 1 fully saturated rings. The number of pyridine rings is 2. The number of ether oxygens (including phenoxy) is 2. The maximum atomic E-state index is 12.5. The van der Waals surface area contributed by atoms with Crippen LogP contribution in [0.4, 0.5) is 16.2 Å². The number of fused-ring (bicyclic) bond motifs is 2. The minimum absolute atomic E-state index is 0.0447. The first-order valence-corrected chi connectivity index (χ1v) is 12.3. The Morgan fingerprint density at radius 1 is 1.31 bits per heavy atom. The second-order valence-electron chi connectivity index (χ2n) is 8.45. The third-order valence-corrected chi connectivity index (χ3v) is 6.97. The van der Waals surface area contributed by atoms with Crippen LogP contribution in [-0.4, -0.2) is 66.6 Å². The molecular weight excluding hydrogens is 468 g/mol. The lowest BCUT2D eigenvalue weighted by molar-refractivity contribution is -0.113. The number of nitrogens with zero attached hydrogens (tertiary/aromatic N) is 3. The van der Waals surface area contributed by atoms with Crippen LogP contribution in [-0.2, 0) is 16.0 Å². The lowest BCUT2D eigenvalue weighted by atomic mass is 10.1. The van der Waals surface area contributed by atoms with Gasteiger partial charge < -0.3 is 25.8 Å². The van der Waals surface area contributed by atoms with Crippen molar-refractivity contribution in [3.05, 3.63) is 48.2 Å². The maximum absolute atomic E-state index is 12.5. The van der Waals surface area contributed by atoms with Gasteiger partial charge in [0.1, 0.15) is 6.10 Å². The Bertz CT molecular complexity index is 1270. The number of carbonyl (C=O) groups excluding carboxylic acids is 2. The topological polar surface area (TPSA) is 132 Å². The molecule has 2 aliphatic heterocycles. The average molecular weight is 495 g/mol. The van der Waals surface area contributed by atoms with Crippen LogP contribution in [0, 0.1) is 0 Å². The number of amides is 2. The van der Waals surface area contributed by atoms with Crippen molar-refractivity contribution in [1.82, 2.24) is 15.3 Å². The van der Waals surface area contributed by atoms with Crippen LogP contribution in [0.1, 0.15) is 5.56 Å². The molecule has 5 rings (SSSR count). The fourth-order valence-electron chi connectivity index (χ4n) is 4.20. The number of aromatic nitrogens is 2. The number of cyclic esters (lactones) is 1. The predicted octanol–water partition coefficient (Wildman–Crippen LogP) is 2.17. The van der Waals surface area contributed by atoms with E-state index in [-0.39, 0.29) is 18.1 Å². The minimum Gasteiger partial charge on any atom is -0.481 e. The molecule has 2 amide bonds. The van der Waals surface area contributed by atoms with E-state index in [4.69, 9.17) is 15.2 Å². The van der Waals surface area contributed by atoms with Crippen molar-refractivity contribution in [3.63, 3.8) is 0 Å². The Morgan fingerprint density at radius 2 is 2.20 bits per heavy atom. The van der Waals surface area contributed by atoms with Gasteiger partial charge in [0.05, 0.1) is 36.1 Å². The number of rotatable bonds is 8. The number of thioether (sulfide) groups is 1. The molecule has 0 bridgehead atoms. The largest absolute Gasteiger partial charge is 0.481 e. The summed E-state index contributed by atoms with van der Waals surface area (Å²) in [6.45, 7) is 1.44. The monoisotopic (exact) mass is 494 g/mol. The highest BCUT2D eigenvalue weighted by molar-refractivity contribution is 8.00. The van der Waals surface area contributed by atoms with Gasteiger partial charge in [0.15, 0.2) is 0 Å². The first kappa shape index (κ1) is 23.3. The molecule has 2 atom stereocenters. The number of anilines is 2. The number of carbonyl (C=O) groups is 2. The van der Waals surface area contributed by atoms with Gasteiger partial charge >= 0.3 is 6.09 Å². The Kier molecular flexibility index (Phi) is 6.71. The van der Waals surface area contributed by atoms with Crippen LogP contribution < -0.4 is 26.0 Å². The Balaban J connectivity index is 1.15. The maximum Gasteiger partial charge on any atom is 0.414 e. The quantitative estimate of drug-likeness (QED) is 0.431. The highest BCUT2D eigenvalue weighted by atomic mass is 32.2. The van der Waals surface area contributed by atoms with Crippen LogP contribution >= 0.6 is 11.8 Å². The zero-order valence-electron chi connectivity index (χ0n) is 19.2. The van der Waals surface area contributed by atoms with Crippen LogP contribution in [0.5, 0.6) is 5.88 Å². The summed E-state index contributed by atoms with van der Waals surface area (Å²) in [7, 11) is 1.58. The second-order valence-corrected chi connectivity index (χ2v) is 9.46. The minimum atomic E-state index is -0.404. The number of methoxy groups -OCH3 is 1. The summed E-state index contributed by atoms with van der Waals surface area (Å²) < 4.78 is 10.8. The molecule has 182 valence electrons. The molecule has 2 aromatic heterocycles. The predicted molar refractivity (Wildman–Crippen MR) is 134 cm³/mol. The summed E-state index contributed by atoms with van der Waals surface area (Å²) in [5, 5.41) is 6.17. The molecule has 0 spiro atoms. The van der Waals surface area contributed by atoms with Crippen molar-refractivity contribution >= 4 is 46.2 Å². The zero-order valence-corrected chi connectivity index (χ0v) is 20.0. The number of hydrogen-bond acceptors (Lipinski definition) is 9. The Morgan fingerprint density at radius 3 is 3.06 bits per heavy atom. The second kappa shape index (κ2) is 10.1. The van der Waals surface area contributed by atoms with E-state index < -0.39 is 6.09 Å². The molecule has 10 nitrogen and oxygen atoms in total. The standard InChI is InChI=1S/C24H26N6O4S/c1-33-22-5-3-18-23(29-22)14(6-7-27-18)8-15(25)10-26-11-17-12-30(24(32)34-17)16-2-4-20-19(9-16)28-21(31)13-35-20/h2-7,9,15,17,26H,8,10-13,25H2,1H3,(H,28,31)/t15-,17+/m0/s1. The van der Waals surface area contributed by atoms with Crippen LogP contribution in [0.15, 0.2) is 47.5 Å². The average Bonchev–Trinajstić information content (AvgIpc) is 3.23. The van der Waals surface area contributed by atoms with E-state index in [1.165, 1.54) is 11.8 Å². The zero-order chi connectivity index (χ0) is 24.4. The number of nitrogens with one attached hydrogen (secondary N) is 2. The molecule has 4 heterocycles. The van der Waals surface area contributed by atoms with Crippen LogP contribution in [0.25, 0.3) is 11.0 Å². The molecule has 1 aromatic carbocycles. The molecule has 0 unspecified atom stereocenters. The van der Waals surface area contributed by atoms with Gasteiger partial charge in [-0.1, -0.05) is 0 Å². The third-order valence-electron chi connectivity index (χ3n) is 5.89. The van der Waals surface area contributed by atoms with Crippen molar-refractivity contribution in [2.75, 3.05) is 42.7 Å². The molecule has 0 aliphatic carbocycles. The van der Waals surface area contributed by atoms with Crippen LogP contribution in [0.3, 0.4) is 0 Å². The third kappa shape index (κ3) is 5.16. The van der Waals surface area contributed by atoms with Crippen molar-refractivity contribution in [1.29, 1.82) is 0 Å². The van der Waals surface area contributed by atoms with Gasteiger partial charge in [-0.05, 0) is 42.3 Å². The molecule has 11 heteroatoms. The summed E-state index contributed by atoms with van der Waals surface area (Å²) >= 11 is 1.48. The van der Waals surface area contributed by atoms with Gasteiger partial charge in [-0.25, -0.2) is 9.78 Å². The van der Waals surface area contributed by atoms with Gasteiger partial charge in [-0.2, -0.15) is 0 Å². The molecular formula is C24H26N6O4S. The van der Waals surface area contributed by atoms with E-state index >= 15 is 0 Å². The van der Waals surface area contributed by atoms with Gasteiger partial charge in [-0.3, -0.25) is 14.7 Å². The molecule has 4 N–H and O–H groups in total. The lowest BCUT2D eigenvalue weighted by Gasteiger charge is -2.20. The Hall–Kier alpha value is -3.41. The summed E-state index contributed by atoms with van der Waals surface area (Å²) in [4.78, 5) is 35.6. The first-order valence-electron chi connectivity index (χ1n) is 11.3. The molecule has 2 aliphatic rings. The van der Waals surface area contributed by atoms with Crippen molar-refractivity contribution in [3.8, 4) is 5.88 Å². The smallest absolute Gasteiger partial charge is 0.414 e. The van der Waals surface area contributed by atoms with Crippen molar-refractivity contribution < 1.29 is 19.1 Å². The Labute approximate surface area is 206 Å².